The van der Waals surface area contributed by atoms with Gasteiger partial charge in [0.1, 0.15) is 11.6 Å². The Morgan fingerprint density at radius 2 is 1.86 bits per heavy atom. The van der Waals surface area contributed by atoms with Crippen LogP contribution in [0.3, 0.4) is 0 Å². The maximum Gasteiger partial charge on any atom is 0.264 e. The highest BCUT2D eigenvalue weighted by molar-refractivity contribution is 7.92. The number of nitrogens with zero attached hydrogens (tertiary/aromatic N) is 5. The molecule has 4 aromatic rings. The average molecular weight is 389 g/mol. The van der Waals surface area contributed by atoms with Crippen molar-refractivity contribution in [1.82, 2.24) is 14.6 Å². The predicted octanol–water partition coefficient (Wildman–Crippen LogP) is 3.09. The molecule has 8 heteroatoms. The molecule has 0 N–H and O–H groups in total. The Hall–Kier alpha value is -3.70. The van der Waals surface area contributed by atoms with Crippen LogP contribution in [0.1, 0.15) is 5.56 Å². The number of aromatic nitrogens is 3. The van der Waals surface area contributed by atoms with E-state index in [9.17, 15) is 13.7 Å². The summed E-state index contributed by atoms with van der Waals surface area (Å²) in [4.78, 5) is 4.43. The van der Waals surface area contributed by atoms with Crippen LogP contribution in [0.15, 0.2) is 78.0 Å². The number of sulfonamides is 1. The van der Waals surface area contributed by atoms with Gasteiger partial charge in [-0.25, -0.2) is 17.9 Å². The lowest BCUT2D eigenvalue weighted by atomic mass is 10.1. The molecular weight excluding hydrogens is 374 g/mol. The Bertz CT molecular complexity index is 1310. The first-order chi connectivity index (χ1) is 13.5. The molecule has 0 fully saturated rings. The fraction of sp³-hybridized carbons (Fsp3) is 0.0500. The first kappa shape index (κ1) is 17.7. The zero-order valence-corrected chi connectivity index (χ0v) is 15.7. The van der Waals surface area contributed by atoms with E-state index in [1.165, 1.54) is 17.5 Å². The van der Waals surface area contributed by atoms with E-state index in [4.69, 9.17) is 0 Å². The van der Waals surface area contributed by atoms with Crippen molar-refractivity contribution in [3.63, 3.8) is 0 Å². The summed E-state index contributed by atoms with van der Waals surface area (Å²) in [6, 6.07) is 19.2. The molecule has 28 heavy (non-hydrogen) atoms. The van der Waals surface area contributed by atoms with Crippen molar-refractivity contribution in [2.24, 2.45) is 0 Å². The standard InChI is InChI=1S/C20H15N5O2S/c1-24(28(26,27)18-8-3-2-4-9-18)17-7-5-6-15(12-17)19-10-11-22-20-16(13-21)14-23-25(19)20/h2-12,14H,1H3. The molecular formula is C20H15N5O2S. The number of anilines is 1. The molecule has 0 unspecified atom stereocenters. The van der Waals surface area contributed by atoms with Crippen LogP contribution in [0, 0.1) is 11.3 Å². The van der Waals surface area contributed by atoms with Gasteiger partial charge < -0.3 is 0 Å². The lowest BCUT2D eigenvalue weighted by Gasteiger charge is -2.20. The van der Waals surface area contributed by atoms with Crippen molar-refractivity contribution < 1.29 is 8.42 Å². The molecule has 2 aromatic heterocycles. The van der Waals surface area contributed by atoms with Gasteiger partial charge in [-0.05, 0) is 30.3 Å². The van der Waals surface area contributed by atoms with Gasteiger partial charge in [-0.3, -0.25) is 4.31 Å². The SMILES string of the molecule is CN(c1cccc(-c2ccnc3c(C#N)cnn23)c1)S(=O)(=O)c1ccccc1. The van der Waals surface area contributed by atoms with E-state index in [-0.39, 0.29) is 4.90 Å². The maximum absolute atomic E-state index is 12.9. The van der Waals surface area contributed by atoms with Gasteiger partial charge >= 0.3 is 0 Å². The van der Waals surface area contributed by atoms with Crippen LogP contribution >= 0.6 is 0 Å². The molecule has 0 aliphatic rings. The maximum atomic E-state index is 12.9. The highest BCUT2D eigenvalue weighted by Crippen LogP contribution is 2.28. The van der Waals surface area contributed by atoms with Gasteiger partial charge in [0.25, 0.3) is 10.0 Å². The average Bonchev–Trinajstić information content (AvgIpc) is 3.17. The van der Waals surface area contributed by atoms with Gasteiger partial charge in [-0.2, -0.15) is 10.4 Å². The highest BCUT2D eigenvalue weighted by Gasteiger charge is 2.21. The lowest BCUT2D eigenvalue weighted by molar-refractivity contribution is 0.594. The van der Waals surface area contributed by atoms with Crippen LogP contribution < -0.4 is 4.31 Å². The molecule has 138 valence electrons. The van der Waals surface area contributed by atoms with Gasteiger partial charge in [0.15, 0.2) is 5.65 Å². The molecule has 2 aromatic carbocycles. The fourth-order valence-corrected chi connectivity index (χ4v) is 4.15. The van der Waals surface area contributed by atoms with E-state index in [2.05, 4.69) is 16.2 Å². The Kier molecular flexibility index (Phi) is 4.29. The van der Waals surface area contributed by atoms with Gasteiger partial charge in [0.05, 0.1) is 22.5 Å². The molecule has 2 heterocycles. The van der Waals surface area contributed by atoms with Crippen LogP contribution in [-0.4, -0.2) is 30.1 Å². The molecule has 0 amide bonds. The van der Waals surface area contributed by atoms with Crippen molar-refractivity contribution in [3.05, 3.63) is 78.6 Å². The molecule has 4 rings (SSSR count). The molecule has 0 spiro atoms. The zero-order chi connectivity index (χ0) is 19.7. The Morgan fingerprint density at radius 1 is 1.07 bits per heavy atom. The molecule has 0 atom stereocenters. The van der Waals surface area contributed by atoms with Crippen molar-refractivity contribution in [2.45, 2.75) is 4.90 Å². The number of fused-ring (bicyclic) bond motifs is 1. The van der Waals surface area contributed by atoms with Crippen LogP contribution in [0.5, 0.6) is 0 Å². The van der Waals surface area contributed by atoms with Crippen LogP contribution in [0.25, 0.3) is 16.9 Å². The Balaban J connectivity index is 1.79. The van der Waals surface area contributed by atoms with Crippen molar-refractivity contribution in [3.8, 4) is 17.3 Å². The highest BCUT2D eigenvalue weighted by atomic mass is 32.2. The van der Waals surface area contributed by atoms with Crippen molar-refractivity contribution >= 4 is 21.4 Å². The normalized spacial score (nSPS) is 11.3. The molecule has 0 saturated heterocycles. The first-order valence-corrected chi connectivity index (χ1v) is 9.83. The van der Waals surface area contributed by atoms with Crippen LogP contribution in [0.4, 0.5) is 5.69 Å². The van der Waals surface area contributed by atoms with Gasteiger partial charge in [0.2, 0.25) is 0 Å². The fourth-order valence-electron chi connectivity index (χ4n) is 2.94. The third-order valence-electron chi connectivity index (χ3n) is 4.43. The van der Waals surface area contributed by atoms with Gasteiger partial charge in [-0.1, -0.05) is 30.3 Å². The minimum Gasteiger partial charge on any atom is -0.269 e. The summed E-state index contributed by atoms with van der Waals surface area (Å²) in [6.45, 7) is 0. The minimum atomic E-state index is -3.68. The number of nitriles is 1. The summed E-state index contributed by atoms with van der Waals surface area (Å²) in [5.74, 6) is 0. The summed E-state index contributed by atoms with van der Waals surface area (Å²) in [7, 11) is -2.16. The zero-order valence-electron chi connectivity index (χ0n) is 14.9. The second-order valence-corrected chi connectivity index (χ2v) is 8.04. The molecule has 0 saturated carbocycles. The summed E-state index contributed by atoms with van der Waals surface area (Å²) in [6.07, 6.45) is 3.06. The van der Waals surface area contributed by atoms with Crippen molar-refractivity contribution in [2.75, 3.05) is 11.4 Å². The van der Waals surface area contributed by atoms with Crippen LogP contribution in [-0.2, 0) is 10.0 Å². The van der Waals surface area contributed by atoms with Gasteiger partial charge in [0, 0.05) is 18.8 Å². The van der Waals surface area contributed by atoms with E-state index >= 15 is 0 Å². The number of hydrogen-bond donors (Lipinski definition) is 0. The molecule has 7 nitrogen and oxygen atoms in total. The minimum absolute atomic E-state index is 0.222. The smallest absolute Gasteiger partial charge is 0.264 e. The summed E-state index contributed by atoms with van der Waals surface area (Å²) < 4.78 is 28.6. The lowest BCUT2D eigenvalue weighted by Crippen LogP contribution is -2.26. The van der Waals surface area contributed by atoms with E-state index in [0.717, 1.165) is 5.56 Å². The second kappa shape index (κ2) is 6.79. The number of hydrogen-bond acceptors (Lipinski definition) is 5. The quantitative estimate of drug-likeness (QED) is 0.535. The molecule has 0 aliphatic heterocycles. The van der Waals surface area contributed by atoms with Crippen molar-refractivity contribution in [1.29, 1.82) is 5.26 Å². The third-order valence-corrected chi connectivity index (χ3v) is 6.23. The monoisotopic (exact) mass is 389 g/mol. The second-order valence-electron chi connectivity index (χ2n) is 6.07. The van der Waals surface area contributed by atoms with E-state index in [1.54, 1.807) is 65.3 Å². The number of rotatable bonds is 4. The number of benzene rings is 2. The van der Waals surface area contributed by atoms with E-state index < -0.39 is 10.0 Å². The topological polar surface area (TPSA) is 91.4 Å². The summed E-state index contributed by atoms with van der Waals surface area (Å²) >= 11 is 0. The third kappa shape index (κ3) is 2.88. The molecule has 0 aliphatic carbocycles. The predicted molar refractivity (Wildman–Crippen MR) is 105 cm³/mol. The van der Waals surface area contributed by atoms with E-state index in [1.807, 2.05) is 6.07 Å². The first-order valence-electron chi connectivity index (χ1n) is 8.39. The van der Waals surface area contributed by atoms with Gasteiger partial charge in [-0.15, -0.1) is 0 Å². The van der Waals surface area contributed by atoms with Crippen LogP contribution in [0.2, 0.25) is 0 Å². The largest absolute Gasteiger partial charge is 0.269 e. The van der Waals surface area contributed by atoms with E-state index in [0.29, 0.717) is 22.6 Å². The summed E-state index contributed by atoms with van der Waals surface area (Å²) in [5, 5.41) is 13.4. The molecule has 0 bridgehead atoms. The Labute approximate surface area is 162 Å². The Morgan fingerprint density at radius 3 is 2.61 bits per heavy atom. The summed E-state index contributed by atoms with van der Waals surface area (Å²) in [5.41, 5.74) is 2.81. The molecule has 0 radical (unpaired) electrons.